The lowest BCUT2D eigenvalue weighted by atomic mass is 10.2. The van der Waals surface area contributed by atoms with Crippen molar-refractivity contribution in [2.45, 2.75) is 32.7 Å². The van der Waals surface area contributed by atoms with E-state index in [9.17, 15) is 4.79 Å². The summed E-state index contributed by atoms with van der Waals surface area (Å²) in [5.74, 6) is 0.549. The van der Waals surface area contributed by atoms with Crippen LogP contribution in [-0.2, 0) is 22.5 Å². The van der Waals surface area contributed by atoms with Crippen LogP contribution in [0.4, 0.5) is 5.95 Å². The van der Waals surface area contributed by atoms with Crippen molar-refractivity contribution in [3.8, 4) is 0 Å². The van der Waals surface area contributed by atoms with Crippen molar-refractivity contribution in [2.24, 2.45) is 0 Å². The minimum absolute atomic E-state index is 0.0455. The van der Waals surface area contributed by atoms with Crippen molar-refractivity contribution in [1.82, 2.24) is 9.55 Å². The summed E-state index contributed by atoms with van der Waals surface area (Å²) < 4.78 is 8.22. The summed E-state index contributed by atoms with van der Waals surface area (Å²) in [6.07, 6.45) is 1.94. The largest absolute Gasteiger partial charge is 0.382 e. The van der Waals surface area contributed by atoms with Crippen molar-refractivity contribution < 1.29 is 9.53 Å². The molecule has 0 spiro atoms. The zero-order chi connectivity index (χ0) is 18.4. The van der Waals surface area contributed by atoms with Crippen LogP contribution in [0.25, 0.3) is 11.0 Å². The van der Waals surface area contributed by atoms with Crippen LogP contribution in [0.15, 0.2) is 36.4 Å². The third-order valence-electron chi connectivity index (χ3n) is 4.01. The molecule has 0 saturated heterocycles. The Kier molecular flexibility index (Phi) is 6.66. The normalized spacial score (nSPS) is 11.2. The van der Waals surface area contributed by atoms with E-state index in [1.807, 2.05) is 47.9 Å². The Labute approximate surface area is 161 Å². The van der Waals surface area contributed by atoms with Crippen LogP contribution < -0.4 is 5.32 Å². The van der Waals surface area contributed by atoms with Crippen molar-refractivity contribution >= 4 is 45.8 Å². The number of aromatic nitrogens is 2. The van der Waals surface area contributed by atoms with E-state index in [-0.39, 0.29) is 5.91 Å². The number of imidazole rings is 1. The molecule has 2 aromatic heterocycles. The van der Waals surface area contributed by atoms with Crippen LogP contribution in [0.1, 0.15) is 24.6 Å². The number of halogens is 1. The molecule has 0 unspecified atom stereocenters. The Morgan fingerprint density at radius 2 is 2.15 bits per heavy atom. The second-order valence-corrected chi connectivity index (χ2v) is 7.68. The van der Waals surface area contributed by atoms with Crippen LogP contribution in [0, 0.1) is 0 Å². The minimum atomic E-state index is -0.0455. The number of amides is 1. The van der Waals surface area contributed by atoms with E-state index in [0.29, 0.717) is 32.0 Å². The average Bonchev–Trinajstić information content (AvgIpc) is 3.20. The molecule has 2 heterocycles. The number of aryl methyl sites for hydroxylation is 2. The highest BCUT2D eigenvalue weighted by atomic mass is 35.5. The Morgan fingerprint density at radius 1 is 1.31 bits per heavy atom. The van der Waals surface area contributed by atoms with Crippen LogP contribution >= 0.6 is 22.9 Å². The van der Waals surface area contributed by atoms with Gasteiger partial charge >= 0.3 is 0 Å². The fourth-order valence-electron chi connectivity index (χ4n) is 2.78. The molecule has 3 rings (SSSR count). The van der Waals surface area contributed by atoms with Crippen LogP contribution in [0.5, 0.6) is 0 Å². The van der Waals surface area contributed by atoms with Crippen LogP contribution in [0.2, 0.25) is 4.34 Å². The molecule has 0 aliphatic rings. The molecule has 5 nitrogen and oxygen atoms in total. The van der Waals surface area contributed by atoms with Gasteiger partial charge in [0.1, 0.15) is 0 Å². The number of nitrogens with one attached hydrogen (secondary N) is 1. The van der Waals surface area contributed by atoms with E-state index < -0.39 is 0 Å². The number of fused-ring (bicyclic) bond motifs is 1. The van der Waals surface area contributed by atoms with Gasteiger partial charge in [0.25, 0.3) is 0 Å². The molecule has 7 heteroatoms. The third-order valence-corrected chi connectivity index (χ3v) is 5.30. The first kappa shape index (κ1) is 18.9. The zero-order valence-corrected chi connectivity index (χ0v) is 16.3. The lowest BCUT2D eigenvalue weighted by molar-refractivity contribution is -0.116. The number of nitrogens with zero attached hydrogens (tertiary/aromatic N) is 2. The Morgan fingerprint density at radius 3 is 2.92 bits per heavy atom. The van der Waals surface area contributed by atoms with E-state index >= 15 is 0 Å². The molecule has 0 aliphatic carbocycles. The Balaban J connectivity index is 1.68. The SMILES string of the molecule is CCOCCCn1c(NC(=O)CCc2ccc(Cl)s2)nc2ccccc21. The first-order chi connectivity index (χ1) is 12.7. The number of anilines is 1. The van der Waals surface area contributed by atoms with Gasteiger partial charge in [-0.1, -0.05) is 23.7 Å². The molecule has 0 saturated carbocycles. The molecule has 0 aliphatic heterocycles. The molecular formula is C19H22ClN3O2S. The highest BCUT2D eigenvalue weighted by Gasteiger charge is 2.13. The zero-order valence-electron chi connectivity index (χ0n) is 14.7. The molecule has 1 aromatic carbocycles. The maximum absolute atomic E-state index is 12.4. The number of thiophene rings is 1. The minimum Gasteiger partial charge on any atom is -0.382 e. The second-order valence-electron chi connectivity index (χ2n) is 5.88. The molecule has 1 N–H and O–H groups in total. The smallest absolute Gasteiger partial charge is 0.227 e. The van der Waals surface area contributed by atoms with E-state index in [0.717, 1.165) is 33.2 Å². The fourth-order valence-corrected chi connectivity index (χ4v) is 3.86. The predicted octanol–water partition coefficient (Wildman–Crippen LogP) is 4.75. The summed E-state index contributed by atoms with van der Waals surface area (Å²) in [5.41, 5.74) is 1.90. The van der Waals surface area contributed by atoms with Crippen molar-refractivity contribution in [1.29, 1.82) is 0 Å². The van der Waals surface area contributed by atoms with Gasteiger partial charge in [0.15, 0.2) is 0 Å². The van der Waals surface area contributed by atoms with Crippen molar-refractivity contribution in [3.05, 3.63) is 45.6 Å². The summed E-state index contributed by atoms with van der Waals surface area (Å²) in [6, 6.07) is 11.7. The van der Waals surface area contributed by atoms with Gasteiger partial charge in [-0.15, -0.1) is 11.3 Å². The predicted molar refractivity (Wildman–Crippen MR) is 107 cm³/mol. The highest BCUT2D eigenvalue weighted by Crippen LogP contribution is 2.23. The number of rotatable bonds is 9. The third kappa shape index (κ3) is 4.84. The van der Waals surface area contributed by atoms with E-state index in [1.54, 1.807) is 0 Å². The number of carbonyl (C=O) groups is 1. The Bertz CT molecular complexity index is 875. The van der Waals surface area contributed by atoms with Crippen molar-refractivity contribution in [3.63, 3.8) is 0 Å². The van der Waals surface area contributed by atoms with Gasteiger partial charge in [-0.2, -0.15) is 0 Å². The monoisotopic (exact) mass is 391 g/mol. The maximum atomic E-state index is 12.4. The fraction of sp³-hybridized carbons (Fsp3) is 0.368. The van der Waals surface area contributed by atoms with E-state index in [1.165, 1.54) is 11.3 Å². The topological polar surface area (TPSA) is 56.1 Å². The van der Waals surface area contributed by atoms with Gasteiger partial charge in [0.2, 0.25) is 11.9 Å². The Hall–Kier alpha value is -1.89. The van der Waals surface area contributed by atoms with Gasteiger partial charge < -0.3 is 9.30 Å². The van der Waals surface area contributed by atoms with E-state index in [2.05, 4.69) is 10.3 Å². The molecule has 0 fully saturated rings. The first-order valence-corrected chi connectivity index (χ1v) is 9.94. The maximum Gasteiger partial charge on any atom is 0.227 e. The summed E-state index contributed by atoms with van der Waals surface area (Å²) in [7, 11) is 0. The van der Waals surface area contributed by atoms with E-state index in [4.69, 9.17) is 16.3 Å². The molecule has 3 aromatic rings. The number of para-hydroxylation sites is 2. The summed E-state index contributed by atoms with van der Waals surface area (Å²) >= 11 is 7.45. The van der Waals surface area contributed by atoms with Crippen molar-refractivity contribution in [2.75, 3.05) is 18.5 Å². The standard InChI is InChI=1S/C19H22ClN3O2S/c1-2-25-13-5-12-23-16-7-4-3-6-15(16)21-19(23)22-18(24)11-9-14-8-10-17(20)26-14/h3-4,6-8,10H,2,5,9,11-13H2,1H3,(H,21,22,24). The molecule has 0 atom stereocenters. The number of carbonyl (C=O) groups excluding carboxylic acids is 1. The highest BCUT2D eigenvalue weighted by molar-refractivity contribution is 7.16. The summed E-state index contributed by atoms with van der Waals surface area (Å²) in [6.45, 7) is 4.13. The number of hydrogen-bond donors (Lipinski definition) is 1. The molecule has 138 valence electrons. The first-order valence-electron chi connectivity index (χ1n) is 8.74. The number of benzene rings is 1. The van der Waals surface area contributed by atoms with Gasteiger partial charge in [-0.05, 0) is 44.0 Å². The summed E-state index contributed by atoms with van der Waals surface area (Å²) in [5, 5.41) is 2.96. The second kappa shape index (κ2) is 9.16. The van der Waals surface area contributed by atoms with Crippen LogP contribution in [0.3, 0.4) is 0 Å². The summed E-state index contributed by atoms with van der Waals surface area (Å²) in [4.78, 5) is 18.1. The molecule has 0 radical (unpaired) electrons. The lowest BCUT2D eigenvalue weighted by Crippen LogP contribution is -2.16. The molecular weight excluding hydrogens is 370 g/mol. The molecule has 0 bridgehead atoms. The number of hydrogen-bond acceptors (Lipinski definition) is 4. The average molecular weight is 392 g/mol. The van der Waals surface area contributed by atoms with Crippen LogP contribution in [-0.4, -0.2) is 28.7 Å². The van der Waals surface area contributed by atoms with Gasteiger partial charge in [0, 0.05) is 31.1 Å². The lowest BCUT2D eigenvalue weighted by Gasteiger charge is -2.10. The van der Waals surface area contributed by atoms with Gasteiger partial charge in [-0.25, -0.2) is 4.98 Å². The molecule has 26 heavy (non-hydrogen) atoms. The van der Waals surface area contributed by atoms with Gasteiger partial charge in [0.05, 0.1) is 15.4 Å². The van der Waals surface area contributed by atoms with Gasteiger partial charge in [-0.3, -0.25) is 10.1 Å². The quantitative estimate of drug-likeness (QED) is 0.535. The number of ether oxygens (including phenoxy) is 1. The molecule has 1 amide bonds.